The van der Waals surface area contributed by atoms with Crippen molar-refractivity contribution < 1.29 is 17.7 Å². The smallest absolute Gasteiger partial charge is 0.271 e. The van der Waals surface area contributed by atoms with Gasteiger partial charge in [0.25, 0.3) is 10.0 Å². The lowest BCUT2D eigenvalue weighted by atomic mass is 10.1. The molecule has 1 aromatic carbocycles. The third kappa shape index (κ3) is 5.12. The molecule has 2 aromatic heterocycles. The van der Waals surface area contributed by atoms with Gasteiger partial charge in [-0.2, -0.15) is 0 Å². The second kappa shape index (κ2) is 8.22. The molecule has 0 bridgehead atoms. The van der Waals surface area contributed by atoms with Gasteiger partial charge in [0.2, 0.25) is 5.91 Å². The van der Waals surface area contributed by atoms with Crippen LogP contribution in [-0.2, 0) is 14.8 Å². The summed E-state index contributed by atoms with van der Waals surface area (Å²) in [5.41, 5.74) is 3.55. The summed E-state index contributed by atoms with van der Waals surface area (Å²) in [7, 11) is -3.69. The van der Waals surface area contributed by atoms with E-state index < -0.39 is 10.0 Å². The van der Waals surface area contributed by atoms with E-state index in [0.717, 1.165) is 22.5 Å². The number of carbonyl (C=O) groups is 1. The molecule has 0 unspecified atom stereocenters. The molecule has 2 heterocycles. The van der Waals surface area contributed by atoms with Gasteiger partial charge in [-0.3, -0.25) is 9.52 Å². The van der Waals surface area contributed by atoms with Gasteiger partial charge in [0, 0.05) is 17.5 Å². The zero-order valence-electron chi connectivity index (χ0n) is 16.4. The summed E-state index contributed by atoms with van der Waals surface area (Å²) in [6.07, 6.45) is 3.36. The Balaban J connectivity index is 1.80. The van der Waals surface area contributed by atoms with E-state index >= 15 is 0 Å². The lowest BCUT2D eigenvalue weighted by Crippen LogP contribution is -2.11. The van der Waals surface area contributed by atoms with Crippen molar-refractivity contribution in [3.05, 3.63) is 57.8 Å². The third-order valence-corrected chi connectivity index (χ3v) is 6.85. The maximum atomic E-state index is 12.7. The Labute approximate surface area is 173 Å². The summed E-state index contributed by atoms with van der Waals surface area (Å²) in [4.78, 5) is 12.0. The highest BCUT2D eigenvalue weighted by Gasteiger charge is 2.17. The molecule has 0 aliphatic carbocycles. The van der Waals surface area contributed by atoms with Crippen LogP contribution in [0.3, 0.4) is 0 Å². The van der Waals surface area contributed by atoms with Crippen molar-refractivity contribution in [3.63, 3.8) is 0 Å². The molecular weight excluding hydrogens is 410 g/mol. The maximum absolute atomic E-state index is 12.7. The second-order valence-corrected chi connectivity index (χ2v) is 9.69. The number of anilines is 2. The van der Waals surface area contributed by atoms with Crippen molar-refractivity contribution in [2.75, 3.05) is 10.0 Å². The van der Waals surface area contributed by atoms with Crippen LogP contribution in [0.15, 0.2) is 39.1 Å². The highest BCUT2D eigenvalue weighted by Crippen LogP contribution is 2.28. The Morgan fingerprint density at radius 1 is 1.10 bits per heavy atom. The topological polar surface area (TPSA) is 101 Å². The molecule has 0 saturated heterocycles. The van der Waals surface area contributed by atoms with Gasteiger partial charge in [-0.1, -0.05) is 11.2 Å². The van der Waals surface area contributed by atoms with E-state index in [1.807, 2.05) is 19.9 Å². The Morgan fingerprint density at radius 2 is 1.79 bits per heavy atom. The number of rotatable bonds is 6. The summed E-state index contributed by atoms with van der Waals surface area (Å²) in [6.45, 7) is 6.96. The molecule has 0 saturated carbocycles. The van der Waals surface area contributed by atoms with E-state index in [1.54, 1.807) is 43.3 Å². The minimum absolute atomic E-state index is 0.201. The van der Waals surface area contributed by atoms with Crippen molar-refractivity contribution in [1.29, 1.82) is 0 Å². The zero-order valence-corrected chi connectivity index (χ0v) is 18.1. The van der Waals surface area contributed by atoms with E-state index in [9.17, 15) is 13.2 Å². The first kappa shape index (κ1) is 20.8. The van der Waals surface area contributed by atoms with Crippen LogP contribution in [0.1, 0.15) is 34.4 Å². The first-order chi connectivity index (χ1) is 13.6. The summed E-state index contributed by atoms with van der Waals surface area (Å²) >= 11 is 1.13. The molecular formula is C20H21N3O4S2. The fourth-order valence-corrected chi connectivity index (χ4v) is 5.06. The number of nitrogens with one attached hydrogen (secondary N) is 2. The number of aryl methyl sites for hydroxylation is 3. The normalized spacial score (nSPS) is 11.7. The quantitative estimate of drug-likeness (QED) is 0.594. The van der Waals surface area contributed by atoms with Crippen LogP contribution in [0.25, 0.3) is 12.2 Å². The third-order valence-electron chi connectivity index (χ3n) is 3.93. The summed E-state index contributed by atoms with van der Waals surface area (Å²) in [5.74, 6) is 0.164. The highest BCUT2D eigenvalue weighted by atomic mass is 32.2. The monoisotopic (exact) mass is 431 g/mol. The van der Waals surface area contributed by atoms with Crippen LogP contribution in [-0.4, -0.2) is 19.5 Å². The number of hydrogen-bond acceptors (Lipinski definition) is 6. The number of hydrogen-bond donors (Lipinski definition) is 2. The van der Waals surface area contributed by atoms with Crippen LogP contribution in [0.2, 0.25) is 0 Å². The Bertz CT molecular complexity index is 1170. The van der Waals surface area contributed by atoms with Gasteiger partial charge in [0.15, 0.2) is 5.76 Å². The van der Waals surface area contributed by atoms with Crippen molar-refractivity contribution in [2.24, 2.45) is 0 Å². The summed E-state index contributed by atoms with van der Waals surface area (Å²) in [5, 5.41) is 6.52. The number of carbonyl (C=O) groups excluding carboxylic acids is 1. The van der Waals surface area contributed by atoms with E-state index in [0.29, 0.717) is 27.7 Å². The van der Waals surface area contributed by atoms with Crippen LogP contribution in [0, 0.1) is 20.8 Å². The van der Waals surface area contributed by atoms with Crippen molar-refractivity contribution >= 4 is 50.8 Å². The molecule has 0 aliphatic rings. The molecule has 1 amide bonds. The maximum Gasteiger partial charge on any atom is 0.271 e. The lowest BCUT2D eigenvalue weighted by molar-refractivity contribution is -0.114. The van der Waals surface area contributed by atoms with Crippen LogP contribution >= 0.6 is 11.3 Å². The molecule has 0 radical (unpaired) electrons. The van der Waals surface area contributed by atoms with Gasteiger partial charge in [0.1, 0.15) is 15.6 Å². The fraction of sp³-hybridized carbons (Fsp3) is 0.200. The Morgan fingerprint density at radius 3 is 2.45 bits per heavy atom. The number of thiophene rings is 1. The molecule has 29 heavy (non-hydrogen) atoms. The summed E-state index contributed by atoms with van der Waals surface area (Å²) < 4.78 is 33.4. The molecule has 0 spiro atoms. The standard InChI is InChI=1S/C20H21N3O4S2/c1-12-9-13(2)11-16(10-12)23-29(25,26)19-8-6-17(28-19)5-7-18-20(21-15(4)24)14(3)22-27-18/h5-11,23H,1-4H3,(H,21,24). The van der Waals surface area contributed by atoms with E-state index in [2.05, 4.69) is 15.2 Å². The van der Waals surface area contributed by atoms with Crippen molar-refractivity contribution in [2.45, 2.75) is 31.9 Å². The van der Waals surface area contributed by atoms with Gasteiger partial charge in [-0.05, 0) is 68.3 Å². The molecule has 7 nitrogen and oxygen atoms in total. The van der Waals surface area contributed by atoms with Crippen molar-refractivity contribution in [1.82, 2.24) is 5.16 Å². The van der Waals surface area contributed by atoms with Gasteiger partial charge in [-0.25, -0.2) is 8.42 Å². The second-order valence-electron chi connectivity index (χ2n) is 6.66. The van der Waals surface area contributed by atoms with Gasteiger partial charge in [0.05, 0.1) is 0 Å². The van der Waals surface area contributed by atoms with Gasteiger partial charge in [-0.15, -0.1) is 11.3 Å². The minimum atomic E-state index is -3.69. The largest absolute Gasteiger partial charge is 0.354 e. The predicted molar refractivity (Wildman–Crippen MR) is 116 cm³/mol. The number of aromatic nitrogens is 1. The van der Waals surface area contributed by atoms with Gasteiger partial charge < -0.3 is 9.84 Å². The first-order valence-electron chi connectivity index (χ1n) is 8.77. The molecule has 3 rings (SSSR count). The van der Waals surface area contributed by atoms with Crippen LogP contribution in [0.4, 0.5) is 11.4 Å². The molecule has 0 aliphatic heterocycles. The predicted octanol–water partition coefficient (Wildman–Crippen LogP) is 4.59. The van der Waals surface area contributed by atoms with E-state index in [-0.39, 0.29) is 10.1 Å². The molecule has 0 atom stereocenters. The zero-order chi connectivity index (χ0) is 21.2. The average molecular weight is 432 g/mol. The number of benzene rings is 1. The van der Waals surface area contributed by atoms with Crippen molar-refractivity contribution in [3.8, 4) is 0 Å². The average Bonchev–Trinajstić information content (AvgIpc) is 3.20. The minimum Gasteiger partial charge on any atom is -0.354 e. The van der Waals surface area contributed by atoms with Crippen LogP contribution < -0.4 is 10.0 Å². The number of sulfonamides is 1. The fourth-order valence-electron chi connectivity index (χ4n) is 2.79. The Kier molecular flexibility index (Phi) is 5.90. The highest BCUT2D eigenvalue weighted by molar-refractivity contribution is 7.94. The van der Waals surface area contributed by atoms with E-state index in [4.69, 9.17) is 4.52 Å². The SMILES string of the molecule is CC(=O)Nc1c(C)noc1C=Cc1ccc(S(=O)(=O)Nc2cc(C)cc(C)c2)s1. The van der Waals surface area contributed by atoms with E-state index in [1.165, 1.54) is 6.92 Å². The van der Waals surface area contributed by atoms with Crippen LogP contribution in [0.5, 0.6) is 0 Å². The summed E-state index contributed by atoms with van der Waals surface area (Å²) in [6, 6.07) is 8.81. The molecule has 0 fully saturated rings. The first-order valence-corrected chi connectivity index (χ1v) is 11.1. The molecule has 3 aromatic rings. The molecule has 152 valence electrons. The number of nitrogens with zero attached hydrogens (tertiary/aromatic N) is 1. The Hall–Kier alpha value is -2.91. The number of amides is 1. The molecule has 2 N–H and O–H groups in total. The lowest BCUT2D eigenvalue weighted by Gasteiger charge is -2.08. The molecule has 9 heteroatoms. The van der Waals surface area contributed by atoms with Gasteiger partial charge >= 0.3 is 0 Å².